The van der Waals surface area contributed by atoms with Crippen molar-refractivity contribution >= 4 is 5.97 Å². The van der Waals surface area contributed by atoms with E-state index in [4.69, 9.17) is 4.74 Å². The van der Waals surface area contributed by atoms with E-state index in [1.165, 1.54) is 12.3 Å². The van der Waals surface area contributed by atoms with Gasteiger partial charge in [0.05, 0.1) is 6.61 Å². The Morgan fingerprint density at radius 2 is 1.95 bits per heavy atom. The molecule has 0 radical (unpaired) electrons. The predicted octanol–water partition coefficient (Wildman–Crippen LogP) is 2.07. The molecule has 1 aromatic carbocycles. The van der Waals surface area contributed by atoms with Crippen LogP contribution in [-0.4, -0.2) is 17.1 Å². The molecule has 4 heteroatoms. The molecule has 0 aliphatic heterocycles. The lowest BCUT2D eigenvalue weighted by Crippen LogP contribution is -2.19. The van der Waals surface area contributed by atoms with E-state index in [2.05, 4.69) is 0 Å². The largest absolute Gasteiger partial charge is 0.462 e. The van der Waals surface area contributed by atoms with Gasteiger partial charge in [-0.05, 0) is 12.5 Å². The molecule has 2 aromatic rings. The first-order chi connectivity index (χ1) is 9.20. The van der Waals surface area contributed by atoms with Gasteiger partial charge >= 0.3 is 5.97 Å². The van der Waals surface area contributed by atoms with Gasteiger partial charge in [0.15, 0.2) is 5.43 Å². The first-order valence-corrected chi connectivity index (χ1v) is 6.12. The molecule has 0 fully saturated rings. The molecular weight excluding hydrogens is 242 g/mol. The second-order valence-corrected chi connectivity index (χ2v) is 4.10. The summed E-state index contributed by atoms with van der Waals surface area (Å²) >= 11 is 0. The van der Waals surface area contributed by atoms with Crippen molar-refractivity contribution < 1.29 is 9.53 Å². The Morgan fingerprint density at radius 1 is 1.21 bits per heavy atom. The zero-order valence-corrected chi connectivity index (χ0v) is 10.7. The van der Waals surface area contributed by atoms with Gasteiger partial charge in [0.2, 0.25) is 0 Å². The van der Waals surface area contributed by atoms with Crippen LogP contribution in [0.4, 0.5) is 0 Å². The number of nitrogens with zero attached hydrogens (tertiary/aromatic N) is 1. The van der Waals surface area contributed by atoms with Gasteiger partial charge in [-0.1, -0.05) is 30.3 Å². The van der Waals surface area contributed by atoms with Gasteiger partial charge in [-0.2, -0.15) is 0 Å². The van der Waals surface area contributed by atoms with Gasteiger partial charge in [0.25, 0.3) is 0 Å². The second-order valence-electron chi connectivity index (χ2n) is 4.10. The first kappa shape index (κ1) is 13.1. The highest BCUT2D eigenvalue weighted by molar-refractivity contribution is 5.88. The van der Waals surface area contributed by atoms with Crippen molar-refractivity contribution in [2.45, 2.75) is 13.5 Å². The van der Waals surface area contributed by atoms with E-state index in [0.717, 1.165) is 5.56 Å². The van der Waals surface area contributed by atoms with Crippen molar-refractivity contribution in [3.05, 3.63) is 70.1 Å². The van der Waals surface area contributed by atoms with Gasteiger partial charge in [0, 0.05) is 25.0 Å². The fraction of sp³-hybridized carbons (Fsp3) is 0.200. The highest BCUT2D eigenvalue weighted by atomic mass is 16.5. The number of benzene rings is 1. The predicted molar refractivity (Wildman–Crippen MR) is 72.2 cm³/mol. The minimum atomic E-state index is -0.574. The van der Waals surface area contributed by atoms with Crippen LogP contribution in [0.25, 0.3) is 0 Å². The van der Waals surface area contributed by atoms with Crippen molar-refractivity contribution in [2.24, 2.45) is 0 Å². The summed E-state index contributed by atoms with van der Waals surface area (Å²) in [7, 11) is 0. The Labute approximate surface area is 111 Å². The summed E-state index contributed by atoms with van der Waals surface area (Å²) in [5.41, 5.74) is 0.851. The van der Waals surface area contributed by atoms with E-state index < -0.39 is 5.97 Å². The lowest BCUT2D eigenvalue weighted by molar-refractivity contribution is 0.0524. The zero-order valence-electron chi connectivity index (χ0n) is 10.7. The number of hydrogen-bond donors (Lipinski definition) is 0. The van der Waals surface area contributed by atoms with E-state index in [9.17, 15) is 9.59 Å². The van der Waals surface area contributed by atoms with E-state index in [1.807, 2.05) is 30.3 Å². The maximum Gasteiger partial charge on any atom is 0.343 e. The van der Waals surface area contributed by atoms with Crippen LogP contribution in [0.5, 0.6) is 0 Å². The average Bonchev–Trinajstić information content (AvgIpc) is 2.42. The quantitative estimate of drug-likeness (QED) is 0.788. The molecule has 0 aliphatic carbocycles. The van der Waals surface area contributed by atoms with Crippen molar-refractivity contribution in [2.75, 3.05) is 6.61 Å². The third-order valence-corrected chi connectivity index (χ3v) is 2.68. The summed E-state index contributed by atoms with van der Waals surface area (Å²) in [4.78, 5) is 23.3. The van der Waals surface area contributed by atoms with Gasteiger partial charge in [-0.15, -0.1) is 0 Å². The standard InChI is InChI=1S/C15H15NO3/c1-2-19-15(18)13-11-16(9-8-14(13)17)10-12-6-4-3-5-7-12/h3-9,11H,2,10H2,1H3. The van der Waals surface area contributed by atoms with E-state index in [1.54, 1.807) is 17.7 Å². The molecule has 0 atom stereocenters. The number of esters is 1. The maximum atomic E-state index is 11.6. The molecule has 0 spiro atoms. The average molecular weight is 257 g/mol. The highest BCUT2D eigenvalue weighted by Crippen LogP contribution is 2.03. The van der Waals surface area contributed by atoms with Gasteiger partial charge in [-0.25, -0.2) is 4.79 Å². The molecule has 0 N–H and O–H groups in total. The molecule has 0 bridgehead atoms. The van der Waals surface area contributed by atoms with Crippen molar-refractivity contribution in [1.82, 2.24) is 4.57 Å². The Bertz CT molecular complexity index is 617. The number of carbonyl (C=O) groups excluding carboxylic acids is 1. The monoisotopic (exact) mass is 257 g/mol. The Kier molecular flexibility index (Phi) is 4.13. The summed E-state index contributed by atoms with van der Waals surface area (Å²) in [6.45, 7) is 2.57. The van der Waals surface area contributed by atoms with Crippen molar-refractivity contribution in [3.63, 3.8) is 0 Å². The van der Waals surface area contributed by atoms with Crippen LogP contribution in [0.2, 0.25) is 0 Å². The third-order valence-electron chi connectivity index (χ3n) is 2.68. The van der Waals surface area contributed by atoms with E-state index >= 15 is 0 Å². The highest BCUT2D eigenvalue weighted by Gasteiger charge is 2.11. The zero-order chi connectivity index (χ0) is 13.7. The topological polar surface area (TPSA) is 48.3 Å². The SMILES string of the molecule is CCOC(=O)c1cn(Cc2ccccc2)ccc1=O. The van der Waals surface area contributed by atoms with Crippen LogP contribution in [0.15, 0.2) is 53.6 Å². The Hall–Kier alpha value is -2.36. The molecule has 1 aromatic heterocycles. The molecule has 1 heterocycles. The molecule has 2 rings (SSSR count). The van der Waals surface area contributed by atoms with Crippen LogP contribution in [-0.2, 0) is 11.3 Å². The van der Waals surface area contributed by atoms with Crippen molar-refractivity contribution in [1.29, 1.82) is 0 Å². The fourth-order valence-corrected chi connectivity index (χ4v) is 1.78. The summed E-state index contributed by atoms with van der Waals surface area (Å²) in [5, 5.41) is 0. The Balaban J connectivity index is 2.26. The van der Waals surface area contributed by atoms with Crippen LogP contribution >= 0.6 is 0 Å². The summed E-state index contributed by atoms with van der Waals surface area (Å²) < 4.78 is 6.66. The van der Waals surface area contributed by atoms with Crippen LogP contribution < -0.4 is 5.43 Å². The van der Waals surface area contributed by atoms with Crippen LogP contribution in [0, 0.1) is 0 Å². The summed E-state index contributed by atoms with van der Waals surface area (Å²) in [6, 6.07) is 11.2. The number of carbonyl (C=O) groups is 1. The number of hydrogen-bond acceptors (Lipinski definition) is 3. The fourth-order valence-electron chi connectivity index (χ4n) is 1.78. The number of aromatic nitrogens is 1. The summed E-state index contributed by atoms with van der Waals surface area (Å²) in [6.07, 6.45) is 3.20. The third kappa shape index (κ3) is 3.31. The van der Waals surface area contributed by atoms with Crippen LogP contribution in [0.3, 0.4) is 0 Å². The van der Waals surface area contributed by atoms with Gasteiger partial charge < -0.3 is 9.30 Å². The van der Waals surface area contributed by atoms with E-state index in [-0.39, 0.29) is 17.6 Å². The number of ether oxygens (including phenoxy) is 1. The lowest BCUT2D eigenvalue weighted by Gasteiger charge is -2.08. The molecule has 0 aliphatic rings. The molecule has 0 unspecified atom stereocenters. The van der Waals surface area contributed by atoms with Gasteiger partial charge in [-0.3, -0.25) is 4.79 Å². The summed E-state index contributed by atoms with van der Waals surface area (Å²) in [5.74, 6) is -0.574. The molecule has 0 saturated carbocycles. The Morgan fingerprint density at radius 3 is 2.63 bits per heavy atom. The minimum absolute atomic E-state index is 0.0697. The minimum Gasteiger partial charge on any atom is -0.462 e. The molecular formula is C15H15NO3. The molecule has 0 saturated heterocycles. The van der Waals surface area contributed by atoms with Gasteiger partial charge in [0.1, 0.15) is 5.56 Å². The first-order valence-electron chi connectivity index (χ1n) is 6.12. The van der Waals surface area contributed by atoms with Crippen LogP contribution in [0.1, 0.15) is 22.8 Å². The van der Waals surface area contributed by atoms with E-state index in [0.29, 0.717) is 6.54 Å². The normalized spacial score (nSPS) is 10.2. The molecule has 19 heavy (non-hydrogen) atoms. The number of pyridine rings is 1. The molecule has 0 amide bonds. The van der Waals surface area contributed by atoms with Crippen molar-refractivity contribution in [3.8, 4) is 0 Å². The molecule has 98 valence electrons. The molecule has 4 nitrogen and oxygen atoms in total. The lowest BCUT2D eigenvalue weighted by atomic mass is 10.2. The second kappa shape index (κ2) is 6.00. The maximum absolute atomic E-state index is 11.6. The smallest absolute Gasteiger partial charge is 0.343 e. The number of rotatable bonds is 4.